The van der Waals surface area contributed by atoms with Crippen LogP contribution < -0.4 is 21.1 Å². The highest BCUT2D eigenvalue weighted by atomic mass is 32.2. The lowest BCUT2D eigenvalue weighted by Gasteiger charge is -2.08. The molecule has 2 amide bonds. The van der Waals surface area contributed by atoms with Gasteiger partial charge in [0.2, 0.25) is 11.0 Å². The zero-order valence-corrected chi connectivity index (χ0v) is 13.7. The fraction of sp³-hybridized carbons (Fsp3) is 0.333. The van der Waals surface area contributed by atoms with E-state index in [4.69, 9.17) is 0 Å². The molecule has 0 saturated carbocycles. The van der Waals surface area contributed by atoms with Crippen LogP contribution in [0.1, 0.15) is 10.4 Å². The number of Topliss-reactive ketones (excluding diaryl/α,β-unsaturated/α-hetero) is 1. The standard InChI is InChI=1S/C15H19N3O5S/c19-12(9-18-15(22)23)8-16-6-7-17-13(20)10-24-14(21)11-4-2-1-3-5-11/h1-5,16,18H,6-10H2,(H,17,20)(H,22,23)/p-1. The van der Waals surface area contributed by atoms with Gasteiger partial charge in [0.15, 0.2) is 5.78 Å². The Morgan fingerprint density at radius 2 is 1.67 bits per heavy atom. The second-order valence-electron chi connectivity index (χ2n) is 4.65. The number of thioether (sulfide) groups is 1. The summed E-state index contributed by atoms with van der Waals surface area (Å²) in [7, 11) is 0. The molecule has 3 N–H and O–H groups in total. The molecule has 0 saturated heterocycles. The molecule has 0 fully saturated rings. The van der Waals surface area contributed by atoms with Crippen LogP contribution >= 0.6 is 11.8 Å². The number of hydrogen-bond acceptors (Lipinski definition) is 7. The van der Waals surface area contributed by atoms with E-state index in [1.54, 1.807) is 30.3 Å². The van der Waals surface area contributed by atoms with Gasteiger partial charge in [-0.2, -0.15) is 0 Å². The first-order valence-electron chi connectivity index (χ1n) is 7.15. The number of benzene rings is 1. The van der Waals surface area contributed by atoms with Gasteiger partial charge in [-0.1, -0.05) is 42.1 Å². The average molecular weight is 352 g/mol. The number of amides is 2. The van der Waals surface area contributed by atoms with E-state index in [9.17, 15) is 24.3 Å². The maximum absolute atomic E-state index is 11.8. The van der Waals surface area contributed by atoms with Crippen LogP contribution in [0, 0.1) is 0 Å². The maximum atomic E-state index is 11.8. The van der Waals surface area contributed by atoms with Crippen LogP contribution in [-0.2, 0) is 9.59 Å². The van der Waals surface area contributed by atoms with E-state index in [1.807, 2.05) is 5.32 Å². The van der Waals surface area contributed by atoms with Crippen molar-refractivity contribution >= 4 is 34.7 Å². The Kier molecular flexibility index (Phi) is 9.17. The molecule has 0 spiro atoms. The fourth-order valence-corrected chi connectivity index (χ4v) is 2.26. The summed E-state index contributed by atoms with van der Waals surface area (Å²) in [6.07, 6.45) is -1.50. The summed E-state index contributed by atoms with van der Waals surface area (Å²) in [6, 6.07) is 8.68. The topological polar surface area (TPSA) is 127 Å². The smallest absolute Gasteiger partial charge is 0.230 e. The fourth-order valence-electron chi connectivity index (χ4n) is 1.59. The van der Waals surface area contributed by atoms with Crippen molar-refractivity contribution < 1.29 is 24.3 Å². The van der Waals surface area contributed by atoms with Crippen LogP contribution in [0.25, 0.3) is 0 Å². The Hall–Kier alpha value is -2.39. The molecule has 1 rings (SSSR count). The van der Waals surface area contributed by atoms with Crippen molar-refractivity contribution in [2.24, 2.45) is 0 Å². The van der Waals surface area contributed by atoms with E-state index in [0.29, 0.717) is 18.7 Å². The van der Waals surface area contributed by atoms with Crippen LogP contribution in [0.15, 0.2) is 30.3 Å². The second-order valence-corrected chi connectivity index (χ2v) is 5.60. The molecule has 0 bridgehead atoms. The van der Waals surface area contributed by atoms with Crippen LogP contribution in [0.2, 0.25) is 0 Å². The normalized spacial score (nSPS) is 10.0. The second kappa shape index (κ2) is 11.2. The maximum Gasteiger partial charge on any atom is 0.230 e. The van der Waals surface area contributed by atoms with Crippen molar-refractivity contribution in [2.75, 3.05) is 31.9 Å². The highest BCUT2D eigenvalue weighted by Gasteiger charge is 2.09. The highest BCUT2D eigenvalue weighted by Crippen LogP contribution is 2.11. The summed E-state index contributed by atoms with van der Waals surface area (Å²) in [5.41, 5.74) is 0.542. The monoisotopic (exact) mass is 352 g/mol. The Balaban J connectivity index is 2.07. The van der Waals surface area contributed by atoms with E-state index in [2.05, 4.69) is 10.6 Å². The lowest BCUT2D eigenvalue weighted by atomic mass is 10.2. The van der Waals surface area contributed by atoms with Crippen LogP contribution in [0.3, 0.4) is 0 Å². The predicted octanol–water partition coefficient (Wildman–Crippen LogP) is -1.23. The molecule has 24 heavy (non-hydrogen) atoms. The molecule has 1 aromatic rings. The summed E-state index contributed by atoms with van der Waals surface area (Å²) >= 11 is 0.920. The molecular formula is C15H18N3O5S-. The molecule has 0 radical (unpaired) electrons. The largest absolute Gasteiger partial charge is 0.530 e. The van der Waals surface area contributed by atoms with Crippen molar-refractivity contribution in [1.82, 2.24) is 16.0 Å². The molecule has 8 nitrogen and oxygen atoms in total. The van der Waals surface area contributed by atoms with E-state index in [1.165, 1.54) is 0 Å². The summed E-state index contributed by atoms with van der Waals surface area (Å²) in [5, 5.41) is 17.1. The van der Waals surface area contributed by atoms with Crippen LogP contribution in [-0.4, -0.2) is 54.8 Å². The summed E-state index contributed by atoms with van der Waals surface area (Å²) in [5.74, 6) is -0.604. The van der Waals surface area contributed by atoms with Gasteiger partial charge in [-0.3, -0.25) is 14.4 Å². The van der Waals surface area contributed by atoms with Gasteiger partial charge in [0.1, 0.15) is 6.09 Å². The first-order chi connectivity index (χ1) is 11.5. The van der Waals surface area contributed by atoms with Gasteiger partial charge >= 0.3 is 0 Å². The first kappa shape index (κ1) is 19.7. The third kappa shape index (κ3) is 8.91. The Morgan fingerprint density at radius 1 is 0.958 bits per heavy atom. The molecule has 0 aromatic heterocycles. The Bertz CT molecular complexity index is 580. The first-order valence-corrected chi connectivity index (χ1v) is 8.13. The van der Waals surface area contributed by atoms with Crippen molar-refractivity contribution in [3.63, 3.8) is 0 Å². The van der Waals surface area contributed by atoms with Gasteiger partial charge in [0.25, 0.3) is 0 Å². The zero-order chi connectivity index (χ0) is 17.8. The quantitative estimate of drug-likeness (QED) is 0.450. The number of hydrogen-bond donors (Lipinski definition) is 3. The molecule has 0 heterocycles. The van der Waals surface area contributed by atoms with Crippen molar-refractivity contribution in [1.29, 1.82) is 0 Å². The molecule has 130 valence electrons. The van der Waals surface area contributed by atoms with E-state index in [-0.39, 0.29) is 35.6 Å². The molecule has 0 aliphatic carbocycles. The minimum atomic E-state index is -1.50. The minimum Gasteiger partial charge on any atom is -0.530 e. The minimum absolute atomic E-state index is 0.0161. The van der Waals surface area contributed by atoms with Gasteiger partial charge in [0.05, 0.1) is 18.8 Å². The third-order valence-electron chi connectivity index (χ3n) is 2.72. The molecular weight excluding hydrogens is 334 g/mol. The van der Waals surface area contributed by atoms with Gasteiger partial charge in [-0.25, -0.2) is 0 Å². The van der Waals surface area contributed by atoms with Gasteiger partial charge in [-0.15, -0.1) is 0 Å². The molecule has 9 heteroatoms. The number of rotatable bonds is 10. The molecule has 0 atom stereocenters. The number of ketones is 1. The molecule has 0 unspecified atom stereocenters. The Morgan fingerprint density at radius 3 is 2.33 bits per heavy atom. The SMILES string of the molecule is O=C(CNCCNC(=O)CSC(=O)c1ccccc1)CNC(=O)[O-]. The van der Waals surface area contributed by atoms with E-state index >= 15 is 0 Å². The number of carbonyl (C=O) groups is 4. The Labute approximate surface area is 143 Å². The molecule has 0 aliphatic heterocycles. The number of nitrogens with one attached hydrogen (secondary N) is 3. The lowest BCUT2D eigenvalue weighted by Crippen LogP contribution is -2.42. The van der Waals surface area contributed by atoms with E-state index < -0.39 is 6.09 Å². The summed E-state index contributed by atoms with van der Waals surface area (Å²) in [6.45, 7) is 0.303. The zero-order valence-electron chi connectivity index (χ0n) is 12.9. The summed E-state index contributed by atoms with van der Waals surface area (Å²) < 4.78 is 0. The van der Waals surface area contributed by atoms with Gasteiger partial charge in [0, 0.05) is 18.7 Å². The molecule has 1 aromatic carbocycles. The number of carbonyl (C=O) groups excluding carboxylic acids is 4. The van der Waals surface area contributed by atoms with Crippen molar-refractivity contribution in [3.05, 3.63) is 35.9 Å². The summed E-state index contributed by atoms with van der Waals surface area (Å²) in [4.78, 5) is 44.7. The van der Waals surface area contributed by atoms with Crippen molar-refractivity contribution in [3.8, 4) is 0 Å². The van der Waals surface area contributed by atoms with Crippen molar-refractivity contribution in [2.45, 2.75) is 0 Å². The third-order valence-corrected chi connectivity index (χ3v) is 3.62. The van der Waals surface area contributed by atoms with Gasteiger partial charge in [-0.05, 0) is 0 Å². The van der Waals surface area contributed by atoms with E-state index in [0.717, 1.165) is 11.8 Å². The van der Waals surface area contributed by atoms with Crippen LogP contribution in [0.4, 0.5) is 4.79 Å². The predicted molar refractivity (Wildman–Crippen MR) is 87.5 cm³/mol. The molecule has 0 aliphatic rings. The highest BCUT2D eigenvalue weighted by molar-refractivity contribution is 8.14. The van der Waals surface area contributed by atoms with Crippen LogP contribution in [0.5, 0.6) is 0 Å². The number of carboxylic acid groups (broad SMARTS) is 1. The average Bonchev–Trinajstić information content (AvgIpc) is 2.58. The lowest BCUT2D eigenvalue weighted by molar-refractivity contribution is -0.250. The van der Waals surface area contributed by atoms with Gasteiger partial charge < -0.3 is 25.9 Å².